The first-order valence-corrected chi connectivity index (χ1v) is 6.94. The fraction of sp³-hybridized carbons (Fsp3) is 0.500. The van der Waals surface area contributed by atoms with Gasteiger partial charge in [-0.15, -0.1) is 11.6 Å². The van der Waals surface area contributed by atoms with Crippen LogP contribution >= 0.6 is 23.8 Å². The van der Waals surface area contributed by atoms with Crippen LogP contribution in [0.4, 0.5) is 5.69 Å². The lowest BCUT2D eigenvalue weighted by molar-refractivity contribution is 0.308. The molecule has 1 aromatic heterocycles. The van der Waals surface area contributed by atoms with Crippen LogP contribution in [0.1, 0.15) is 12.5 Å². The SMILES string of the molecule is CC1CN(C(=S)c2cncc(N)c2)CCN1.CCl. The van der Waals surface area contributed by atoms with Crippen LogP contribution in [0.5, 0.6) is 0 Å². The van der Waals surface area contributed by atoms with Crippen molar-refractivity contribution in [3.05, 3.63) is 24.0 Å². The van der Waals surface area contributed by atoms with Gasteiger partial charge in [-0.25, -0.2) is 0 Å². The molecule has 0 aliphatic carbocycles. The maximum absolute atomic E-state index is 5.70. The fourth-order valence-electron chi connectivity index (χ4n) is 1.87. The zero-order valence-corrected chi connectivity index (χ0v) is 12.3. The van der Waals surface area contributed by atoms with E-state index in [1.807, 2.05) is 6.07 Å². The number of alkyl halides is 1. The molecule has 0 bridgehead atoms. The number of rotatable bonds is 1. The molecule has 1 aliphatic rings. The first-order valence-electron chi connectivity index (χ1n) is 5.78. The van der Waals surface area contributed by atoms with Crippen molar-refractivity contribution < 1.29 is 0 Å². The van der Waals surface area contributed by atoms with E-state index >= 15 is 0 Å². The molecule has 6 heteroatoms. The number of aromatic nitrogens is 1. The second kappa shape index (κ2) is 7.51. The van der Waals surface area contributed by atoms with Gasteiger partial charge in [-0.3, -0.25) is 4.98 Å². The number of nitrogen functional groups attached to an aromatic ring is 1. The van der Waals surface area contributed by atoms with Crippen LogP contribution in [0.3, 0.4) is 0 Å². The fourth-order valence-corrected chi connectivity index (χ4v) is 2.15. The first kappa shape index (κ1) is 15.1. The summed E-state index contributed by atoms with van der Waals surface area (Å²) in [7, 11) is 0. The van der Waals surface area contributed by atoms with E-state index in [9.17, 15) is 0 Å². The third kappa shape index (κ3) is 4.08. The molecule has 4 nitrogen and oxygen atoms in total. The van der Waals surface area contributed by atoms with Crippen molar-refractivity contribution in [1.29, 1.82) is 0 Å². The molecule has 1 fully saturated rings. The van der Waals surface area contributed by atoms with Crippen LogP contribution in [0, 0.1) is 0 Å². The molecule has 2 rings (SSSR count). The number of halogens is 1. The number of nitrogens with two attached hydrogens (primary N) is 1. The summed E-state index contributed by atoms with van der Waals surface area (Å²) in [6, 6.07) is 2.35. The molecule has 100 valence electrons. The molecular weight excluding hydrogens is 268 g/mol. The summed E-state index contributed by atoms with van der Waals surface area (Å²) >= 11 is 10.1. The molecule has 0 aromatic carbocycles. The van der Waals surface area contributed by atoms with Crippen LogP contribution in [0.2, 0.25) is 0 Å². The molecule has 1 atom stereocenters. The number of nitrogens with one attached hydrogen (secondary N) is 1. The lowest BCUT2D eigenvalue weighted by Crippen LogP contribution is -2.51. The molecule has 1 aromatic rings. The van der Waals surface area contributed by atoms with Crippen LogP contribution < -0.4 is 11.1 Å². The summed E-state index contributed by atoms with van der Waals surface area (Å²) in [5.41, 5.74) is 7.29. The van der Waals surface area contributed by atoms with Gasteiger partial charge >= 0.3 is 0 Å². The van der Waals surface area contributed by atoms with E-state index in [4.69, 9.17) is 18.0 Å². The Balaban J connectivity index is 0.000000771. The van der Waals surface area contributed by atoms with Gasteiger partial charge in [0.05, 0.1) is 5.69 Å². The monoisotopic (exact) mass is 286 g/mol. The minimum Gasteiger partial charge on any atom is -0.397 e. The summed E-state index contributed by atoms with van der Waals surface area (Å²) in [4.78, 5) is 7.11. The number of hydrogen-bond donors (Lipinski definition) is 2. The summed E-state index contributed by atoms with van der Waals surface area (Å²) in [6.07, 6.45) is 4.87. The van der Waals surface area contributed by atoms with Gasteiger partial charge in [-0.1, -0.05) is 12.2 Å². The predicted molar refractivity (Wildman–Crippen MR) is 81.2 cm³/mol. The average molecular weight is 287 g/mol. The summed E-state index contributed by atoms with van der Waals surface area (Å²) < 4.78 is 0. The molecule has 0 radical (unpaired) electrons. The molecule has 2 heterocycles. The Kier molecular flexibility index (Phi) is 6.32. The van der Waals surface area contributed by atoms with Crippen molar-refractivity contribution in [2.45, 2.75) is 13.0 Å². The van der Waals surface area contributed by atoms with E-state index in [0.29, 0.717) is 11.7 Å². The van der Waals surface area contributed by atoms with Gasteiger partial charge in [-0.05, 0) is 13.0 Å². The minimum absolute atomic E-state index is 0.473. The Bertz CT molecular complexity index is 399. The Morgan fingerprint density at radius 1 is 1.56 bits per heavy atom. The van der Waals surface area contributed by atoms with Crippen LogP contribution in [0.15, 0.2) is 18.5 Å². The standard InChI is InChI=1S/C11H16N4S.CH3Cl/c1-8-7-15(3-2-14-8)11(16)9-4-10(12)6-13-5-9;1-2/h4-6,8,14H,2-3,7,12H2,1H3;1H3. The van der Waals surface area contributed by atoms with Crippen molar-refractivity contribution in [3.8, 4) is 0 Å². The number of hydrogen-bond acceptors (Lipinski definition) is 4. The molecule has 0 amide bonds. The topological polar surface area (TPSA) is 54.2 Å². The lowest BCUT2D eigenvalue weighted by Gasteiger charge is -2.33. The summed E-state index contributed by atoms with van der Waals surface area (Å²) in [6.45, 7) is 5.01. The van der Waals surface area contributed by atoms with Crippen molar-refractivity contribution in [2.24, 2.45) is 0 Å². The molecule has 3 N–H and O–H groups in total. The van der Waals surface area contributed by atoms with Crippen LogP contribution in [-0.4, -0.2) is 46.9 Å². The highest BCUT2D eigenvalue weighted by Gasteiger charge is 2.18. The average Bonchev–Trinajstić information content (AvgIpc) is 2.40. The van der Waals surface area contributed by atoms with Gasteiger partial charge < -0.3 is 16.0 Å². The third-order valence-electron chi connectivity index (χ3n) is 2.66. The van der Waals surface area contributed by atoms with Gasteiger partial charge in [-0.2, -0.15) is 0 Å². The number of pyridine rings is 1. The molecule has 1 unspecified atom stereocenters. The third-order valence-corrected chi connectivity index (χ3v) is 3.16. The van der Waals surface area contributed by atoms with Crippen molar-refractivity contribution in [3.63, 3.8) is 0 Å². The van der Waals surface area contributed by atoms with Gasteiger partial charge in [0.2, 0.25) is 0 Å². The summed E-state index contributed by atoms with van der Waals surface area (Å²) in [5, 5.41) is 3.39. The van der Waals surface area contributed by atoms with Gasteiger partial charge in [0.15, 0.2) is 0 Å². The number of nitrogens with zero attached hydrogens (tertiary/aromatic N) is 2. The Labute approximate surface area is 119 Å². The molecular formula is C12H19ClN4S. The second-order valence-electron chi connectivity index (χ2n) is 4.11. The van der Waals surface area contributed by atoms with Gasteiger partial charge in [0, 0.05) is 50.0 Å². The first-order chi connectivity index (χ1) is 8.66. The second-order valence-corrected chi connectivity index (χ2v) is 4.50. The summed E-state index contributed by atoms with van der Waals surface area (Å²) in [5.74, 6) is 0. The molecule has 0 saturated carbocycles. The van der Waals surface area contributed by atoms with Crippen LogP contribution in [-0.2, 0) is 0 Å². The number of piperazine rings is 1. The predicted octanol–water partition coefficient (Wildman–Crippen LogP) is 1.49. The lowest BCUT2D eigenvalue weighted by atomic mass is 10.2. The zero-order chi connectivity index (χ0) is 13.5. The minimum atomic E-state index is 0.473. The Morgan fingerprint density at radius 2 is 2.28 bits per heavy atom. The smallest absolute Gasteiger partial charge is 0.110 e. The van der Waals surface area contributed by atoms with Gasteiger partial charge in [0.25, 0.3) is 0 Å². The highest BCUT2D eigenvalue weighted by atomic mass is 35.5. The van der Waals surface area contributed by atoms with E-state index in [2.05, 4.69) is 33.7 Å². The Hall–Kier alpha value is -0.910. The van der Waals surface area contributed by atoms with E-state index in [1.54, 1.807) is 12.4 Å². The Morgan fingerprint density at radius 3 is 2.89 bits per heavy atom. The van der Waals surface area contributed by atoms with E-state index in [1.165, 1.54) is 6.38 Å². The number of thiocarbonyl (C=S) groups is 1. The van der Waals surface area contributed by atoms with Crippen LogP contribution in [0.25, 0.3) is 0 Å². The number of anilines is 1. The maximum atomic E-state index is 5.70. The molecule has 1 saturated heterocycles. The molecule has 1 aliphatic heterocycles. The maximum Gasteiger partial charge on any atom is 0.110 e. The highest BCUT2D eigenvalue weighted by molar-refractivity contribution is 7.80. The van der Waals surface area contributed by atoms with E-state index < -0.39 is 0 Å². The molecule has 0 spiro atoms. The van der Waals surface area contributed by atoms with E-state index in [0.717, 1.165) is 30.2 Å². The van der Waals surface area contributed by atoms with E-state index in [-0.39, 0.29) is 0 Å². The highest BCUT2D eigenvalue weighted by Crippen LogP contribution is 2.10. The quantitative estimate of drug-likeness (QED) is 0.605. The zero-order valence-electron chi connectivity index (χ0n) is 10.7. The molecule has 18 heavy (non-hydrogen) atoms. The van der Waals surface area contributed by atoms with Crippen molar-refractivity contribution in [2.75, 3.05) is 31.8 Å². The van der Waals surface area contributed by atoms with Gasteiger partial charge in [0.1, 0.15) is 4.99 Å². The largest absolute Gasteiger partial charge is 0.397 e. The van der Waals surface area contributed by atoms with Crippen molar-refractivity contribution >= 4 is 34.5 Å². The van der Waals surface area contributed by atoms with Crippen molar-refractivity contribution in [1.82, 2.24) is 15.2 Å². The normalized spacial score (nSPS) is 18.8.